The molecule has 0 spiro atoms. The highest BCUT2D eigenvalue weighted by Gasteiger charge is 2.36. The maximum atomic E-state index is 13.9. The fraction of sp³-hybridized carbons (Fsp3) is 0.179. The van der Waals surface area contributed by atoms with Crippen LogP contribution in [0, 0.1) is 0 Å². The van der Waals surface area contributed by atoms with Crippen LogP contribution < -0.4 is 11.2 Å². The van der Waals surface area contributed by atoms with Crippen LogP contribution in [0.15, 0.2) is 83.9 Å². The van der Waals surface area contributed by atoms with Gasteiger partial charge in [0.05, 0.1) is 10.9 Å². The van der Waals surface area contributed by atoms with Gasteiger partial charge in [0.2, 0.25) is 10.0 Å². The first kappa shape index (κ1) is 24.8. The van der Waals surface area contributed by atoms with E-state index in [-0.39, 0.29) is 10.9 Å². The van der Waals surface area contributed by atoms with Crippen LogP contribution >= 0.6 is 0 Å². The van der Waals surface area contributed by atoms with E-state index in [4.69, 9.17) is 10.9 Å². The smallest absolute Gasteiger partial charge is 0.267 e. The van der Waals surface area contributed by atoms with E-state index in [1.54, 1.807) is 40.1 Å². The first-order valence-corrected chi connectivity index (χ1v) is 13.5. The lowest BCUT2D eigenvalue weighted by atomic mass is 10.0. The van der Waals surface area contributed by atoms with Gasteiger partial charge in [0.15, 0.2) is 0 Å². The summed E-state index contributed by atoms with van der Waals surface area (Å²) in [6.07, 6.45) is 6.73. The molecule has 0 saturated carbocycles. The molecule has 8 nitrogen and oxygen atoms in total. The number of anilines is 1. The largest absolute Gasteiger partial charge is 0.399 e. The SMILES string of the molecule is Nc1ccc(S(=O)(=O)N(CCc2c[nH]c3ccccc23)C2CCc3cc(/C=C/C(=O)NO)ccc32)cc1. The third-order valence-corrected chi connectivity index (χ3v) is 8.78. The van der Waals surface area contributed by atoms with E-state index in [0.29, 0.717) is 31.5 Å². The number of nitrogens with zero attached hydrogens (tertiary/aromatic N) is 1. The number of sulfonamides is 1. The van der Waals surface area contributed by atoms with E-state index in [9.17, 15) is 13.2 Å². The average Bonchev–Trinajstić information content (AvgIpc) is 3.51. The number of aromatic nitrogens is 1. The van der Waals surface area contributed by atoms with Gasteiger partial charge in [0.1, 0.15) is 0 Å². The van der Waals surface area contributed by atoms with E-state index in [1.165, 1.54) is 6.08 Å². The Labute approximate surface area is 215 Å². The van der Waals surface area contributed by atoms with Gasteiger partial charge in [-0.05, 0) is 77.9 Å². The molecule has 37 heavy (non-hydrogen) atoms. The van der Waals surface area contributed by atoms with Crippen LogP contribution in [0.25, 0.3) is 17.0 Å². The minimum absolute atomic E-state index is 0.212. The van der Waals surface area contributed by atoms with E-state index in [0.717, 1.165) is 33.2 Å². The van der Waals surface area contributed by atoms with Crippen molar-refractivity contribution in [1.82, 2.24) is 14.8 Å². The molecule has 1 atom stereocenters. The van der Waals surface area contributed by atoms with Gasteiger partial charge < -0.3 is 10.7 Å². The molecule has 0 bridgehead atoms. The molecule has 3 aromatic carbocycles. The van der Waals surface area contributed by atoms with Crippen molar-refractivity contribution in [3.8, 4) is 0 Å². The van der Waals surface area contributed by atoms with Crippen LogP contribution in [0.1, 0.15) is 34.7 Å². The molecule has 4 aromatic rings. The zero-order chi connectivity index (χ0) is 26.0. The van der Waals surface area contributed by atoms with E-state index in [2.05, 4.69) is 4.98 Å². The summed E-state index contributed by atoms with van der Waals surface area (Å²) in [7, 11) is -3.81. The number of carbonyl (C=O) groups is 1. The molecular formula is C28H28N4O4S. The second kappa shape index (κ2) is 10.2. The van der Waals surface area contributed by atoms with Crippen molar-refractivity contribution in [2.75, 3.05) is 12.3 Å². The second-order valence-corrected chi connectivity index (χ2v) is 11.0. The number of aryl methyl sites for hydroxylation is 1. The van der Waals surface area contributed by atoms with Gasteiger partial charge in [-0.25, -0.2) is 13.9 Å². The Bertz CT molecular complexity index is 1580. The summed E-state index contributed by atoms with van der Waals surface area (Å²) in [5.74, 6) is -0.614. The van der Waals surface area contributed by atoms with Crippen LogP contribution in [0.5, 0.6) is 0 Å². The summed E-state index contributed by atoms with van der Waals surface area (Å²) < 4.78 is 29.5. The summed E-state index contributed by atoms with van der Waals surface area (Å²) in [4.78, 5) is 14.8. The number of para-hydroxylation sites is 1. The number of hydrogen-bond donors (Lipinski definition) is 4. The van der Waals surface area contributed by atoms with E-state index >= 15 is 0 Å². The molecule has 1 aromatic heterocycles. The fourth-order valence-electron chi connectivity index (χ4n) is 5.01. The lowest BCUT2D eigenvalue weighted by molar-refractivity contribution is -0.124. The number of amides is 1. The summed E-state index contributed by atoms with van der Waals surface area (Å²) in [6, 6.07) is 19.7. The molecule has 1 aliphatic rings. The van der Waals surface area contributed by atoms with Gasteiger partial charge in [-0.15, -0.1) is 0 Å². The Kier molecular flexibility index (Phi) is 6.84. The van der Waals surface area contributed by atoms with Crippen molar-refractivity contribution < 1.29 is 18.4 Å². The Hall–Kier alpha value is -3.92. The Morgan fingerprint density at radius 3 is 2.70 bits per heavy atom. The predicted octanol–water partition coefficient (Wildman–Crippen LogP) is 4.19. The lowest BCUT2D eigenvalue weighted by Crippen LogP contribution is -2.35. The summed E-state index contributed by atoms with van der Waals surface area (Å²) >= 11 is 0. The Morgan fingerprint density at radius 2 is 1.92 bits per heavy atom. The van der Waals surface area contributed by atoms with Crippen LogP contribution in [0.2, 0.25) is 0 Å². The molecular weight excluding hydrogens is 488 g/mol. The van der Waals surface area contributed by atoms with Gasteiger partial charge in [-0.3, -0.25) is 10.0 Å². The van der Waals surface area contributed by atoms with Crippen molar-refractivity contribution in [3.05, 3.63) is 101 Å². The van der Waals surface area contributed by atoms with Crippen LogP contribution in [-0.4, -0.2) is 35.4 Å². The zero-order valence-electron chi connectivity index (χ0n) is 20.1. The van der Waals surface area contributed by atoms with E-state index < -0.39 is 15.9 Å². The maximum Gasteiger partial charge on any atom is 0.267 e. The highest BCUT2D eigenvalue weighted by Crippen LogP contribution is 2.39. The molecule has 5 N–H and O–H groups in total. The number of fused-ring (bicyclic) bond motifs is 2. The molecule has 1 amide bonds. The van der Waals surface area contributed by atoms with E-state index in [1.807, 2.05) is 48.7 Å². The summed E-state index contributed by atoms with van der Waals surface area (Å²) in [5.41, 5.74) is 12.8. The quantitative estimate of drug-likeness (QED) is 0.121. The molecule has 5 rings (SSSR count). The number of aromatic amines is 1. The van der Waals surface area contributed by atoms with Crippen LogP contribution in [0.4, 0.5) is 5.69 Å². The Morgan fingerprint density at radius 1 is 1.14 bits per heavy atom. The fourth-order valence-corrected chi connectivity index (χ4v) is 6.65. The van der Waals surface area contributed by atoms with Crippen LogP contribution in [-0.2, 0) is 27.7 Å². The number of H-pyrrole nitrogens is 1. The molecule has 0 radical (unpaired) electrons. The minimum Gasteiger partial charge on any atom is -0.399 e. The summed E-state index contributed by atoms with van der Waals surface area (Å²) in [5, 5.41) is 9.79. The van der Waals surface area contributed by atoms with Crippen molar-refractivity contribution in [2.45, 2.75) is 30.2 Å². The first-order chi connectivity index (χ1) is 17.9. The number of nitrogen functional groups attached to an aromatic ring is 1. The van der Waals surface area contributed by atoms with Gasteiger partial charge in [-0.1, -0.05) is 36.4 Å². The van der Waals surface area contributed by atoms with Crippen LogP contribution in [0.3, 0.4) is 0 Å². The monoisotopic (exact) mass is 516 g/mol. The summed E-state index contributed by atoms with van der Waals surface area (Å²) in [6.45, 7) is 0.316. The molecule has 1 unspecified atom stereocenters. The predicted molar refractivity (Wildman–Crippen MR) is 143 cm³/mol. The molecule has 0 saturated heterocycles. The highest BCUT2D eigenvalue weighted by atomic mass is 32.2. The number of hydroxylamine groups is 1. The molecule has 0 fully saturated rings. The Balaban J connectivity index is 1.49. The molecule has 9 heteroatoms. The average molecular weight is 517 g/mol. The highest BCUT2D eigenvalue weighted by molar-refractivity contribution is 7.89. The standard InChI is InChI=1S/C28H28N4O4S/c29-22-8-10-23(11-9-22)37(35,36)32(16-15-21-18-30-26-4-2-1-3-24(21)26)27-13-7-20-17-19(5-12-25(20)27)6-14-28(33)31-34/h1-6,8-12,14,17-18,27,30,34H,7,13,15-16,29H2,(H,31,33)/b14-6+. The molecule has 190 valence electrons. The number of nitrogens with two attached hydrogens (primary N) is 1. The lowest BCUT2D eigenvalue weighted by Gasteiger charge is -2.29. The van der Waals surface area contributed by atoms with Gasteiger partial charge in [0, 0.05) is 35.4 Å². The number of rotatable bonds is 8. The maximum absolute atomic E-state index is 13.9. The molecule has 1 aliphatic carbocycles. The topological polar surface area (TPSA) is 129 Å². The second-order valence-electron chi connectivity index (χ2n) is 9.12. The van der Waals surface area contributed by atoms with Gasteiger partial charge in [-0.2, -0.15) is 4.31 Å². The minimum atomic E-state index is -3.81. The normalized spacial score (nSPS) is 15.5. The number of hydrogen-bond acceptors (Lipinski definition) is 5. The number of benzene rings is 3. The third-order valence-electron chi connectivity index (χ3n) is 6.86. The van der Waals surface area contributed by atoms with Crippen molar-refractivity contribution in [2.24, 2.45) is 0 Å². The van der Waals surface area contributed by atoms with Crippen molar-refractivity contribution >= 4 is 38.6 Å². The third kappa shape index (κ3) is 5.01. The van der Waals surface area contributed by atoms with Gasteiger partial charge >= 0.3 is 0 Å². The van der Waals surface area contributed by atoms with Gasteiger partial charge in [0.25, 0.3) is 5.91 Å². The molecule has 1 heterocycles. The van der Waals surface area contributed by atoms with Crippen molar-refractivity contribution in [1.29, 1.82) is 0 Å². The number of carbonyl (C=O) groups excluding carboxylic acids is 1. The molecule has 0 aliphatic heterocycles. The van der Waals surface area contributed by atoms with Crippen molar-refractivity contribution in [3.63, 3.8) is 0 Å². The zero-order valence-corrected chi connectivity index (χ0v) is 20.9. The first-order valence-electron chi connectivity index (χ1n) is 12.0. The number of nitrogens with one attached hydrogen (secondary N) is 2.